The molecule has 0 fully saturated rings. The van der Waals surface area contributed by atoms with Crippen LogP contribution in [-0.2, 0) is 0 Å². The van der Waals surface area contributed by atoms with E-state index in [1.165, 1.54) is 0 Å². The average Bonchev–Trinajstić information content (AvgIpc) is 2.40. The average molecular weight is 343 g/mol. The predicted molar refractivity (Wildman–Crippen MR) is 81.2 cm³/mol. The Morgan fingerprint density at radius 3 is 2.63 bits per heavy atom. The van der Waals surface area contributed by atoms with Crippen LogP contribution in [0.25, 0.3) is 0 Å². The van der Waals surface area contributed by atoms with Gasteiger partial charge in [-0.25, -0.2) is 4.39 Å². The van der Waals surface area contributed by atoms with Gasteiger partial charge in [-0.2, -0.15) is 0 Å². The Bertz CT molecular complexity index is 601. The van der Waals surface area contributed by atoms with Crippen LogP contribution >= 0.6 is 27.5 Å². The van der Waals surface area contributed by atoms with E-state index in [1.807, 2.05) is 38.2 Å². The summed E-state index contributed by atoms with van der Waals surface area (Å²) in [6, 6.07) is 11.3. The molecule has 0 amide bonds. The van der Waals surface area contributed by atoms with Gasteiger partial charge < -0.3 is 5.32 Å². The summed E-state index contributed by atoms with van der Waals surface area (Å²) in [5.41, 5.74) is 2.70. The molecule has 1 atom stereocenters. The molecular weight excluding hydrogens is 329 g/mol. The Balaban J connectivity index is 2.51. The van der Waals surface area contributed by atoms with E-state index in [2.05, 4.69) is 21.2 Å². The van der Waals surface area contributed by atoms with Crippen LogP contribution in [0, 0.1) is 12.7 Å². The van der Waals surface area contributed by atoms with Crippen LogP contribution in [0.2, 0.25) is 5.02 Å². The number of hydrogen-bond donors (Lipinski definition) is 1. The van der Waals surface area contributed by atoms with Gasteiger partial charge >= 0.3 is 0 Å². The molecule has 1 unspecified atom stereocenters. The molecule has 0 saturated carbocycles. The van der Waals surface area contributed by atoms with E-state index in [0.29, 0.717) is 10.0 Å². The Hall–Kier alpha value is -0.900. The van der Waals surface area contributed by atoms with E-state index in [0.717, 1.165) is 11.1 Å². The summed E-state index contributed by atoms with van der Waals surface area (Å²) in [6.45, 7) is 2.02. The maximum atomic E-state index is 14.3. The lowest BCUT2D eigenvalue weighted by Gasteiger charge is -2.19. The first-order valence-electron chi connectivity index (χ1n) is 5.92. The van der Waals surface area contributed by atoms with Gasteiger partial charge in [0, 0.05) is 10.0 Å². The molecule has 0 saturated heterocycles. The lowest BCUT2D eigenvalue weighted by molar-refractivity contribution is 0.575. The van der Waals surface area contributed by atoms with Gasteiger partial charge in [-0.15, -0.1) is 0 Å². The van der Waals surface area contributed by atoms with E-state index in [4.69, 9.17) is 11.6 Å². The van der Waals surface area contributed by atoms with Crippen molar-refractivity contribution in [3.63, 3.8) is 0 Å². The van der Waals surface area contributed by atoms with Crippen LogP contribution in [-0.4, -0.2) is 7.05 Å². The van der Waals surface area contributed by atoms with Crippen LogP contribution < -0.4 is 5.32 Å². The first-order valence-corrected chi connectivity index (χ1v) is 7.09. The molecule has 0 spiro atoms. The fourth-order valence-corrected chi connectivity index (χ4v) is 2.59. The molecule has 0 radical (unpaired) electrons. The predicted octanol–water partition coefficient (Wildman–Crippen LogP) is 4.86. The number of hydrogen-bond acceptors (Lipinski definition) is 1. The summed E-state index contributed by atoms with van der Waals surface area (Å²) in [7, 11) is 1.81. The molecule has 0 bridgehead atoms. The lowest BCUT2D eigenvalue weighted by Crippen LogP contribution is -2.19. The van der Waals surface area contributed by atoms with Gasteiger partial charge in [0.1, 0.15) is 5.82 Å². The van der Waals surface area contributed by atoms with E-state index in [9.17, 15) is 4.39 Å². The van der Waals surface area contributed by atoms with Crippen LogP contribution in [0.4, 0.5) is 4.39 Å². The smallest absolute Gasteiger partial charge is 0.148 e. The fourth-order valence-electron chi connectivity index (χ4n) is 2.12. The summed E-state index contributed by atoms with van der Waals surface area (Å²) in [6.07, 6.45) is 0. The van der Waals surface area contributed by atoms with Gasteiger partial charge in [-0.05, 0) is 41.5 Å². The zero-order valence-electron chi connectivity index (χ0n) is 10.7. The highest BCUT2D eigenvalue weighted by molar-refractivity contribution is 9.10. The molecule has 100 valence electrons. The summed E-state index contributed by atoms with van der Waals surface area (Å²) in [5, 5.41) is 3.25. The lowest BCUT2D eigenvalue weighted by atomic mass is 9.97. The third-order valence-corrected chi connectivity index (χ3v) is 4.30. The van der Waals surface area contributed by atoms with Crippen molar-refractivity contribution >= 4 is 27.5 Å². The molecule has 0 aliphatic carbocycles. The maximum Gasteiger partial charge on any atom is 0.148 e. The van der Waals surface area contributed by atoms with Crippen LogP contribution in [0.5, 0.6) is 0 Å². The van der Waals surface area contributed by atoms with Crippen molar-refractivity contribution in [2.45, 2.75) is 13.0 Å². The van der Waals surface area contributed by atoms with Crippen molar-refractivity contribution in [1.29, 1.82) is 0 Å². The molecule has 2 rings (SSSR count). The van der Waals surface area contributed by atoms with Crippen molar-refractivity contribution in [2.75, 3.05) is 7.05 Å². The standard InChI is InChI=1S/C15H14BrClFN/c1-9-4-3-5-10(8-9)15(19-2)11-6-7-12(16)13(17)14(11)18/h3-8,15,19H,1-2H3. The molecule has 19 heavy (non-hydrogen) atoms. The normalized spacial score (nSPS) is 12.5. The highest BCUT2D eigenvalue weighted by Gasteiger charge is 2.19. The number of benzene rings is 2. The van der Waals surface area contributed by atoms with E-state index in [-0.39, 0.29) is 11.1 Å². The minimum absolute atomic E-state index is 0.116. The maximum absolute atomic E-state index is 14.3. The summed E-state index contributed by atoms with van der Waals surface area (Å²) >= 11 is 9.18. The SMILES string of the molecule is CNC(c1cccc(C)c1)c1ccc(Br)c(Cl)c1F. The van der Waals surface area contributed by atoms with Gasteiger partial charge in [0.15, 0.2) is 0 Å². The molecule has 0 heterocycles. The second-order valence-electron chi connectivity index (χ2n) is 4.40. The molecule has 4 heteroatoms. The second-order valence-corrected chi connectivity index (χ2v) is 5.63. The molecule has 0 aliphatic rings. The van der Waals surface area contributed by atoms with Gasteiger partial charge in [0.25, 0.3) is 0 Å². The monoisotopic (exact) mass is 341 g/mol. The van der Waals surface area contributed by atoms with Crippen molar-refractivity contribution in [3.05, 3.63) is 68.4 Å². The number of aryl methyl sites for hydroxylation is 1. The van der Waals surface area contributed by atoms with Crippen LogP contribution in [0.15, 0.2) is 40.9 Å². The zero-order valence-corrected chi connectivity index (χ0v) is 13.0. The molecular formula is C15H14BrClFN. The topological polar surface area (TPSA) is 12.0 Å². The van der Waals surface area contributed by atoms with Crippen LogP contribution in [0.3, 0.4) is 0 Å². The molecule has 1 nitrogen and oxygen atoms in total. The first kappa shape index (κ1) is 14.5. The molecule has 0 aromatic heterocycles. The third kappa shape index (κ3) is 2.99. The minimum Gasteiger partial charge on any atom is -0.309 e. The van der Waals surface area contributed by atoms with Crippen molar-refractivity contribution < 1.29 is 4.39 Å². The number of rotatable bonds is 3. The summed E-state index contributed by atoms with van der Waals surface area (Å²) in [5.74, 6) is -0.392. The summed E-state index contributed by atoms with van der Waals surface area (Å²) in [4.78, 5) is 0. The largest absolute Gasteiger partial charge is 0.309 e. The fraction of sp³-hybridized carbons (Fsp3) is 0.200. The van der Waals surface area contributed by atoms with Crippen LogP contribution in [0.1, 0.15) is 22.7 Å². The third-order valence-electron chi connectivity index (χ3n) is 3.04. The van der Waals surface area contributed by atoms with Gasteiger partial charge in [-0.3, -0.25) is 0 Å². The molecule has 2 aromatic rings. The quantitative estimate of drug-likeness (QED) is 0.786. The van der Waals surface area contributed by atoms with Gasteiger partial charge in [0.05, 0.1) is 11.1 Å². The highest BCUT2D eigenvalue weighted by Crippen LogP contribution is 2.32. The van der Waals surface area contributed by atoms with E-state index < -0.39 is 5.82 Å². The minimum atomic E-state index is -0.392. The van der Waals surface area contributed by atoms with Crippen molar-refractivity contribution in [1.82, 2.24) is 5.32 Å². The molecule has 2 aromatic carbocycles. The zero-order chi connectivity index (χ0) is 14.0. The van der Waals surface area contributed by atoms with E-state index in [1.54, 1.807) is 12.1 Å². The van der Waals surface area contributed by atoms with Gasteiger partial charge in [-0.1, -0.05) is 47.5 Å². The Labute approximate surface area is 125 Å². The van der Waals surface area contributed by atoms with Gasteiger partial charge in [0.2, 0.25) is 0 Å². The van der Waals surface area contributed by atoms with E-state index >= 15 is 0 Å². The Morgan fingerprint density at radius 2 is 2.00 bits per heavy atom. The number of halogens is 3. The molecule has 0 aliphatic heterocycles. The summed E-state index contributed by atoms with van der Waals surface area (Å²) < 4.78 is 14.8. The Morgan fingerprint density at radius 1 is 1.26 bits per heavy atom. The van der Waals surface area contributed by atoms with Crippen molar-refractivity contribution in [3.8, 4) is 0 Å². The Kier molecular flexibility index (Phi) is 4.61. The first-order chi connectivity index (χ1) is 9.04. The highest BCUT2D eigenvalue weighted by atomic mass is 79.9. The van der Waals surface area contributed by atoms with Crippen molar-refractivity contribution in [2.24, 2.45) is 0 Å². The molecule has 1 N–H and O–H groups in total. The second kappa shape index (κ2) is 6.04. The number of nitrogens with one attached hydrogen (secondary N) is 1.